The molecule has 2 unspecified atom stereocenters. The summed E-state index contributed by atoms with van der Waals surface area (Å²) < 4.78 is 1.20. The molecule has 2 saturated heterocycles. The lowest BCUT2D eigenvalue weighted by Gasteiger charge is -2.41. The number of hydrogen-bond donors (Lipinski definition) is 0. The molecule has 0 radical (unpaired) electrons. The van der Waals surface area contributed by atoms with Gasteiger partial charge in [-0.1, -0.05) is 145 Å². The van der Waals surface area contributed by atoms with Crippen LogP contribution in [0.2, 0.25) is 0 Å². The summed E-state index contributed by atoms with van der Waals surface area (Å²) >= 11 is 0. The lowest BCUT2D eigenvalue weighted by atomic mass is 9.99. The maximum atomic E-state index is 6.38. The van der Waals surface area contributed by atoms with E-state index in [1.54, 1.807) is 0 Å². The SMILES string of the molecule is CCCCCC=CCC=CCCCCCCCCC(CCCCCCCCC=CCC=CCCCCC)ON=C1CC2CCC(C1)[N+]2(C)C. The van der Waals surface area contributed by atoms with E-state index < -0.39 is 0 Å². The predicted molar refractivity (Wildman–Crippen MR) is 218 cm³/mol. The first-order valence-corrected chi connectivity index (χ1v) is 21.7. The highest BCUT2D eigenvalue weighted by Crippen LogP contribution is 2.38. The van der Waals surface area contributed by atoms with Crippen LogP contribution in [0.25, 0.3) is 0 Å². The molecule has 0 aromatic carbocycles. The molecule has 0 aromatic heterocycles. The van der Waals surface area contributed by atoms with Gasteiger partial charge in [-0.25, -0.2) is 0 Å². The molecule has 2 rings (SSSR count). The molecule has 0 aliphatic carbocycles. The molecule has 2 atom stereocenters. The van der Waals surface area contributed by atoms with Crippen LogP contribution in [0.15, 0.2) is 53.8 Å². The summed E-state index contributed by atoms with van der Waals surface area (Å²) in [5.74, 6) is 0. The summed E-state index contributed by atoms with van der Waals surface area (Å²) in [4.78, 5) is 6.38. The Labute approximate surface area is 306 Å². The van der Waals surface area contributed by atoms with E-state index in [1.165, 1.54) is 177 Å². The highest BCUT2D eigenvalue weighted by atomic mass is 16.6. The highest BCUT2D eigenvalue weighted by molar-refractivity contribution is 5.85. The zero-order valence-corrected chi connectivity index (χ0v) is 33.4. The minimum absolute atomic E-state index is 0.311. The number of hydrogen-bond acceptors (Lipinski definition) is 2. The number of quaternary nitrogens is 1. The van der Waals surface area contributed by atoms with Crippen molar-refractivity contribution in [3.63, 3.8) is 0 Å². The summed E-state index contributed by atoms with van der Waals surface area (Å²) in [5.41, 5.74) is 1.35. The monoisotopic (exact) mass is 680 g/mol. The lowest BCUT2D eigenvalue weighted by molar-refractivity contribution is -0.926. The van der Waals surface area contributed by atoms with Crippen molar-refractivity contribution in [2.75, 3.05) is 14.1 Å². The Hall–Kier alpha value is -1.61. The second kappa shape index (κ2) is 30.1. The molecule has 0 N–H and O–H groups in total. The minimum atomic E-state index is 0.311. The molecule has 2 aliphatic heterocycles. The summed E-state index contributed by atoms with van der Waals surface area (Å²) in [6, 6.07) is 1.50. The Morgan fingerprint density at radius 2 is 0.898 bits per heavy atom. The van der Waals surface area contributed by atoms with E-state index in [9.17, 15) is 0 Å². The average molecular weight is 680 g/mol. The largest absolute Gasteiger partial charge is 0.393 e. The van der Waals surface area contributed by atoms with E-state index in [4.69, 9.17) is 9.99 Å². The van der Waals surface area contributed by atoms with Crippen LogP contribution < -0.4 is 0 Å². The number of allylic oxidation sites excluding steroid dienone is 8. The zero-order chi connectivity index (χ0) is 35.1. The predicted octanol–water partition coefficient (Wildman–Crippen LogP) is 14.5. The molecule has 0 amide bonds. The number of oxime groups is 1. The van der Waals surface area contributed by atoms with Crippen molar-refractivity contribution in [2.45, 2.75) is 225 Å². The van der Waals surface area contributed by atoms with Crippen LogP contribution in [0.1, 0.15) is 206 Å². The quantitative estimate of drug-likeness (QED) is 0.0300. The lowest BCUT2D eigenvalue weighted by Crippen LogP contribution is -2.54. The zero-order valence-electron chi connectivity index (χ0n) is 33.4. The van der Waals surface area contributed by atoms with Gasteiger partial charge in [-0.15, -0.1) is 0 Å². The molecule has 2 heterocycles. The van der Waals surface area contributed by atoms with Crippen molar-refractivity contribution in [1.82, 2.24) is 0 Å². The van der Waals surface area contributed by atoms with Crippen molar-refractivity contribution in [3.05, 3.63) is 48.6 Å². The van der Waals surface area contributed by atoms with Crippen LogP contribution in [0.4, 0.5) is 0 Å². The Morgan fingerprint density at radius 1 is 0.531 bits per heavy atom. The minimum Gasteiger partial charge on any atom is -0.393 e. The van der Waals surface area contributed by atoms with Crippen molar-refractivity contribution in [1.29, 1.82) is 0 Å². The molecule has 3 nitrogen and oxygen atoms in total. The standard InChI is InChI=1S/C46H83N2O/c1-5-7-9-11-13-15-17-19-21-23-25-27-29-31-33-35-37-46(49-47-43-41-44-39-40-45(42-43)48(44,3)4)38-36-34-32-30-28-26-24-22-20-18-16-14-12-10-8-6-2/h13-16,19-22,44-46H,5-12,17-18,23-42H2,1-4H3/q+1. The van der Waals surface area contributed by atoms with E-state index in [2.05, 4.69) is 76.6 Å². The molecule has 3 heteroatoms. The van der Waals surface area contributed by atoms with Crippen molar-refractivity contribution >= 4 is 5.71 Å². The van der Waals surface area contributed by atoms with Crippen LogP contribution >= 0.6 is 0 Å². The fraction of sp³-hybridized carbons (Fsp3) is 0.804. The molecule has 49 heavy (non-hydrogen) atoms. The van der Waals surface area contributed by atoms with Crippen LogP contribution in [-0.2, 0) is 4.84 Å². The molecule has 2 aliphatic rings. The molecule has 2 fully saturated rings. The maximum Gasteiger partial charge on any atom is 0.127 e. The number of unbranched alkanes of at least 4 members (excludes halogenated alkanes) is 18. The Balaban J connectivity index is 1.57. The van der Waals surface area contributed by atoms with Crippen molar-refractivity contribution in [3.8, 4) is 0 Å². The molecule has 0 saturated carbocycles. The summed E-state index contributed by atoms with van der Waals surface area (Å²) in [6.07, 6.45) is 58.0. The normalized spacial score (nSPS) is 19.7. The third-order valence-electron chi connectivity index (χ3n) is 11.4. The first kappa shape index (κ1) is 43.6. The molecule has 0 aromatic rings. The van der Waals surface area contributed by atoms with Crippen LogP contribution in [-0.4, -0.2) is 42.5 Å². The number of nitrogens with zero attached hydrogens (tertiary/aromatic N) is 2. The van der Waals surface area contributed by atoms with Gasteiger partial charge < -0.3 is 9.32 Å². The highest BCUT2D eigenvalue weighted by Gasteiger charge is 2.48. The third-order valence-corrected chi connectivity index (χ3v) is 11.4. The Kier molecular flexibility index (Phi) is 26.7. The average Bonchev–Trinajstić information content (AvgIpc) is 3.23. The molecule has 0 spiro atoms. The Bertz CT molecular complexity index is 846. The van der Waals surface area contributed by atoms with Gasteiger partial charge in [0.25, 0.3) is 0 Å². The van der Waals surface area contributed by atoms with Crippen LogP contribution in [0.5, 0.6) is 0 Å². The fourth-order valence-corrected chi connectivity index (χ4v) is 7.84. The maximum absolute atomic E-state index is 6.38. The van der Waals surface area contributed by atoms with Gasteiger partial charge in [-0.2, -0.15) is 0 Å². The van der Waals surface area contributed by atoms with E-state index in [1.807, 2.05) is 0 Å². The van der Waals surface area contributed by atoms with Gasteiger partial charge >= 0.3 is 0 Å². The van der Waals surface area contributed by atoms with Gasteiger partial charge in [-0.3, -0.25) is 0 Å². The first-order chi connectivity index (χ1) is 24.1. The first-order valence-electron chi connectivity index (χ1n) is 21.7. The van der Waals surface area contributed by atoms with E-state index in [0.717, 1.165) is 37.8 Å². The van der Waals surface area contributed by atoms with Crippen molar-refractivity contribution < 1.29 is 9.32 Å². The summed E-state index contributed by atoms with van der Waals surface area (Å²) in [7, 11) is 4.86. The van der Waals surface area contributed by atoms with E-state index in [0.29, 0.717) is 6.10 Å². The smallest absolute Gasteiger partial charge is 0.127 e. The van der Waals surface area contributed by atoms with Crippen LogP contribution in [0.3, 0.4) is 0 Å². The second-order valence-electron chi connectivity index (χ2n) is 16.1. The molecular formula is C46H83N2O+. The van der Waals surface area contributed by atoms with Gasteiger partial charge in [0.1, 0.15) is 6.10 Å². The Morgan fingerprint density at radius 3 is 1.31 bits per heavy atom. The molecule has 282 valence electrons. The second-order valence-corrected chi connectivity index (χ2v) is 16.1. The number of fused-ring (bicyclic) bond motifs is 2. The van der Waals surface area contributed by atoms with Crippen molar-refractivity contribution in [2.24, 2.45) is 5.16 Å². The van der Waals surface area contributed by atoms with E-state index >= 15 is 0 Å². The third kappa shape index (κ3) is 22.0. The van der Waals surface area contributed by atoms with Gasteiger partial charge in [0, 0.05) is 25.7 Å². The van der Waals surface area contributed by atoms with E-state index in [-0.39, 0.29) is 0 Å². The van der Waals surface area contributed by atoms with Crippen LogP contribution in [0, 0.1) is 0 Å². The summed E-state index contributed by atoms with van der Waals surface area (Å²) in [6.45, 7) is 4.55. The molecular weight excluding hydrogens is 597 g/mol. The molecule has 2 bridgehead atoms. The van der Waals surface area contributed by atoms with Gasteiger partial charge in [0.2, 0.25) is 0 Å². The number of piperidine rings is 1. The topological polar surface area (TPSA) is 21.6 Å². The van der Waals surface area contributed by atoms with Gasteiger partial charge in [0.15, 0.2) is 0 Å². The fourth-order valence-electron chi connectivity index (χ4n) is 7.84. The number of rotatable bonds is 32. The van der Waals surface area contributed by atoms with Gasteiger partial charge in [0.05, 0.1) is 31.9 Å². The summed E-state index contributed by atoms with van der Waals surface area (Å²) in [5, 5.41) is 4.86. The van der Waals surface area contributed by atoms with Gasteiger partial charge in [-0.05, 0) is 89.9 Å².